The van der Waals surface area contributed by atoms with E-state index in [9.17, 15) is 4.79 Å². The highest BCUT2D eigenvalue weighted by atomic mass is 16.2. The third-order valence-electron chi connectivity index (χ3n) is 3.93. The van der Waals surface area contributed by atoms with Crippen LogP contribution in [0.2, 0.25) is 0 Å². The van der Waals surface area contributed by atoms with E-state index in [4.69, 9.17) is 0 Å². The number of nitrogens with one attached hydrogen (secondary N) is 1. The quantitative estimate of drug-likeness (QED) is 0.731. The van der Waals surface area contributed by atoms with Crippen LogP contribution in [0.15, 0.2) is 24.3 Å². The van der Waals surface area contributed by atoms with E-state index in [-0.39, 0.29) is 17.4 Å². The van der Waals surface area contributed by atoms with Crippen LogP contribution >= 0.6 is 0 Å². The first-order valence-corrected chi connectivity index (χ1v) is 6.19. The first-order chi connectivity index (χ1) is 8.09. The van der Waals surface area contributed by atoms with Crippen LogP contribution in [0, 0.1) is 0 Å². The number of amides is 1. The number of hydrogen-bond acceptors (Lipinski definition) is 2. The van der Waals surface area contributed by atoms with Gasteiger partial charge in [-0.1, -0.05) is 38.1 Å². The molecule has 2 aliphatic heterocycles. The van der Waals surface area contributed by atoms with Gasteiger partial charge < -0.3 is 10.2 Å². The lowest BCUT2D eigenvalue weighted by molar-refractivity contribution is -0.136. The predicted octanol–water partition coefficient (Wildman–Crippen LogP) is 1.45. The molecule has 3 rings (SSSR count). The largest absolute Gasteiger partial charge is 0.332 e. The Labute approximate surface area is 102 Å². The second-order valence-corrected chi connectivity index (χ2v) is 5.64. The van der Waals surface area contributed by atoms with Crippen LogP contribution < -0.4 is 5.32 Å². The van der Waals surface area contributed by atoms with Crippen LogP contribution in [-0.2, 0) is 10.2 Å². The molecule has 0 saturated carbocycles. The van der Waals surface area contributed by atoms with Crippen LogP contribution in [0.3, 0.4) is 0 Å². The van der Waals surface area contributed by atoms with Crippen molar-refractivity contribution < 1.29 is 4.79 Å². The third-order valence-corrected chi connectivity index (χ3v) is 3.93. The summed E-state index contributed by atoms with van der Waals surface area (Å²) >= 11 is 0. The molecule has 2 aliphatic rings. The average molecular weight is 230 g/mol. The molecule has 0 radical (unpaired) electrons. The molecule has 1 fully saturated rings. The third kappa shape index (κ3) is 1.57. The number of piperazine rings is 1. The van der Waals surface area contributed by atoms with Crippen molar-refractivity contribution in [1.82, 2.24) is 10.2 Å². The van der Waals surface area contributed by atoms with Crippen molar-refractivity contribution >= 4 is 5.91 Å². The first-order valence-electron chi connectivity index (χ1n) is 6.19. The molecule has 17 heavy (non-hydrogen) atoms. The van der Waals surface area contributed by atoms with Crippen LogP contribution in [-0.4, -0.2) is 30.4 Å². The zero-order chi connectivity index (χ0) is 12.0. The van der Waals surface area contributed by atoms with Crippen molar-refractivity contribution in [3.05, 3.63) is 35.4 Å². The van der Waals surface area contributed by atoms with Crippen molar-refractivity contribution in [3.8, 4) is 0 Å². The van der Waals surface area contributed by atoms with Gasteiger partial charge in [0, 0.05) is 18.5 Å². The fourth-order valence-corrected chi connectivity index (χ4v) is 3.09. The van der Waals surface area contributed by atoms with E-state index >= 15 is 0 Å². The zero-order valence-corrected chi connectivity index (χ0v) is 10.4. The molecule has 0 spiro atoms. The Kier molecular flexibility index (Phi) is 2.26. The van der Waals surface area contributed by atoms with E-state index in [1.54, 1.807) is 0 Å². The Bertz CT molecular complexity index is 467. The number of nitrogens with zero attached hydrogens (tertiary/aromatic N) is 1. The number of benzene rings is 1. The highest BCUT2D eigenvalue weighted by molar-refractivity contribution is 5.80. The topological polar surface area (TPSA) is 32.3 Å². The maximum Gasteiger partial charge on any atom is 0.237 e. The van der Waals surface area contributed by atoms with Gasteiger partial charge in [-0.3, -0.25) is 4.79 Å². The molecule has 0 bridgehead atoms. The Hall–Kier alpha value is -1.35. The van der Waals surface area contributed by atoms with Gasteiger partial charge in [0.05, 0.1) is 12.6 Å². The van der Waals surface area contributed by atoms with Crippen LogP contribution in [0.1, 0.15) is 31.0 Å². The lowest BCUT2D eigenvalue weighted by atomic mass is 9.75. The molecule has 3 heteroatoms. The Balaban J connectivity index is 2.12. The van der Waals surface area contributed by atoms with Crippen molar-refractivity contribution in [3.63, 3.8) is 0 Å². The molecule has 90 valence electrons. The number of carbonyl (C=O) groups excluding carboxylic acids is 1. The summed E-state index contributed by atoms with van der Waals surface area (Å²) in [6.07, 6.45) is 0. The molecule has 1 saturated heterocycles. The number of fused-ring (bicyclic) bond motifs is 3. The Morgan fingerprint density at radius 1 is 1.35 bits per heavy atom. The lowest BCUT2D eigenvalue weighted by Gasteiger charge is -2.47. The highest BCUT2D eigenvalue weighted by Crippen LogP contribution is 2.39. The maximum atomic E-state index is 12.0. The van der Waals surface area contributed by atoms with E-state index in [1.165, 1.54) is 11.1 Å². The minimum Gasteiger partial charge on any atom is -0.332 e. The van der Waals surface area contributed by atoms with Gasteiger partial charge in [-0.05, 0) is 11.1 Å². The number of carbonyl (C=O) groups is 1. The Morgan fingerprint density at radius 2 is 2.12 bits per heavy atom. The molecule has 2 heterocycles. The molecule has 0 unspecified atom stereocenters. The molecular formula is C14H18N2O. The van der Waals surface area contributed by atoms with Crippen molar-refractivity contribution in [2.24, 2.45) is 0 Å². The van der Waals surface area contributed by atoms with Gasteiger partial charge in [0.25, 0.3) is 0 Å². The predicted molar refractivity (Wildman–Crippen MR) is 66.8 cm³/mol. The summed E-state index contributed by atoms with van der Waals surface area (Å²) in [6.45, 7) is 6.62. The number of hydrogen-bond donors (Lipinski definition) is 1. The van der Waals surface area contributed by atoms with Crippen molar-refractivity contribution in [2.45, 2.75) is 25.3 Å². The summed E-state index contributed by atoms with van der Waals surface area (Å²) in [5, 5.41) is 3.21. The molecule has 3 nitrogen and oxygen atoms in total. The standard InChI is InChI=1S/C14H18N2O/c1-14(2)9-16-12(7-15-8-13(16)17)10-5-3-4-6-11(10)14/h3-6,12,15H,7-9H2,1-2H3/t12-/m0/s1. The van der Waals surface area contributed by atoms with Gasteiger partial charge in [0.15, 0.2) is 0 Å². The minimum absolute atomic E-state index is 0.0556. The fraction of sp³-hybridized carbons (Fsp3) is 0.500. The minimum atomic E-state index is 0.0556. The average Bonchev–Trinajstić information content (AvgIpc) is 2.31. The molecule has 1 atom stereocenters. The van der Waals surface area contributed by atoms with E-state index in [0.29, 0.717) is 6.54 Å². The van der Waals surface area contributed by atoms with Crippen molar-refractivity contribution in [2.75, 3.05) is 19.6 Å². The molecule has 1 aromatic rings. The van der Waals surface area contributed by atoms with Crippen LogP contribution in [0.25, 0.3) is 0 Å². The summed E-state index contributed by atoms with van der Waals surface area (Å²) in [7, 11) is 0. The zero-order valence-electron chi connectivity index (χ0n) is 10.4. The van der Waals surface area contributed by atoms with Crippen LogP contribution in [0.5, 0.6) is 0 Å². The highest BCUT2D eigenvalue weighted by Gasteiger charge is 2.40. The fourth-order valence-electron chi connectivity index (χ4n) is 3.09. The van der Waals surface area contributed by atoms with Gasteiger partial charge >= 0.3 is 0 Å². The van der Waals surface area contributed by atoms with Crippen LogP contribution in [0.4, 0.5) is 0 Å². The maximum absolute atomic E-state index is 12.0. The summed E-state index contributed by atoms with van der Waals surface area (Å²) in [5.41, 5.74) is 2.75. The number of rotatable bonds is 0. The molecule has 1 aromatic carbocycles. The smallest absolute Gasteiger partial charge is 0.237 e. The normalized spacial score (nSPS) is 26.4. The second kappa shape index (κ2) is 3.57. The second-order valence-electron chi connectivity index (χ2n) is 5.64. The monoisotopic (exact) mass is 230 g/mol. The first kappa shape index (κ1) is 10.8. The molecule has 0 aromatic heterocycles. The summed E-state index contributed by atoms with van der Waals surface area (Å²) < 4.78 is 0. The van der Waals surface area contributed by atoms with Gasteiger partial charge in [-0.15, -0.1) is 0 Å². The summed E-state index contributed by atoms with van der Waals surface area (Å²) in [5.74, 6) is 0.226. The van der Waals surface area contributed by atoms with E-state index in [1.807, 2.05) is 4.90 Å². The Morgan fingerprint density at radius 3 is 2.94 bits per heavy atom. The van der Waals surface area contributed by atoms with Gasteiger partial charge in [-0.25, -0.2) is 0 Å². The molecular weight excluding hydrogens is 212 g/mol. The van der Waals surface area contributed by atoms with Gasteiger partial charge in [-0.2, -0.15) is 0 Å². The van der Waals surface area contributed by atoms with Gasteiger partial charge in [0.1, 0.15) is 0 Å². The van der Waals surface area contributed by atoms with Gasteiger partial charge in [0.2, 0.25) is 5.91 Å². The molecule has 1 amide bonds. The van der Waals surface area contributed by atoms with E-state index < -0.39 is 0 Å². The molecule has 1 N–H and O–H groups in total. The van der Waals surface area contributed by atoms with E-state index in [0.717, 1.165) is 13.1 Å². The summed E-state index contributed by atoms with van der Waals surface area (Å²) in [4.78, 5) is 14.0. The summed E-state index contributed by atoms with van der Waals surface area (Å²) in [6, 6.07) is 8.74. The molecule has 0 aliphatic carbocycles. The lowest BCUT2D eigenvalue weighted by Crippen LogP contribution is -2.56. The SMILES string of the molecule is CC1(C)CN2C(=O)CNC[C@H]2c2ccccc21. The van der Waals surface area contributed by atoms with E-state index in [2.05, 4.69) is 43.4 Å². The van der Waals surface area contributed by atoms with Crippen molar-refractivity contribution in [1.29, 1.82) is 0 Å².